The number of nitrogens with zero attached hydrogens (tertiary/aromatic N) is 1. The second kappa shape index (κ2) is 8.20. The Bertz CT molecular complexity index is 605. The molecule has 0 atom stereocenters. The lowest BCUT2D eigenvalue weighted by atomic mass is 10.1. The highest BCUT2D eigenvalue weighted by Gasteiger charge is 2.12. The van der Waals surface area contributed by atoms with E-state index in [1.807, 2.05) is 24.3 Å². The average Bonchev–Trinajstić information content (AvgIpc) is 3.16. The van der Waals surface area contributed by atoms with Crippen molar-refractivity contribution in [3.05, 3.63) is 36.0 Å². The Hall–Kier alpha value is -1.52. The number of hydrogen-bond acceptors (Lipinski definition) is 2. The summed E-state index contributed by atoms with van der Waals surface area (Å²) < 4.78 is 0. The molecule has 0 spiro atoms. The number of likely N-dealkylation sites (tertiary alicyclic amines) is 1. The van der Waals surface area contributed by atoms with Gasteiger partial charge in [-0.2, -0.15) is 0 Å². The number of carbonyl (C=O) groups is 1. The average molecular weight is 322 g/mol. The predicted molar refractivity (Wildman–Crippen MR) is 92.8 cm³/mol. The van der Waals surface area contributed by atoms with Gasteiger partial charge in [0.15, 0.2) is 0 Å². The molecule has 4 nitrogen and oxygen atoms in total. The molecule has 1 amide bonds. The molecular weight excluding hydrogens is 298 g/mol. The molecule has 2 aromatic rings. The van der Waals surface area contributed by atoms with E-state index in [0.717, 1.165) is 35.9 Å². The number of hydrogen-bond donors (Lipinski definition) is 2. The summed E-state index contributed by atoms with van der Waals surface area (Å²) >= 11 is 0. The van der Waals surface area contributed by atoms with Gasteiger partial charge in [0.1, 0.15) is 0 Å². The number of nitrogens with one attached hydrogen (secondary N) is 2. The van der Waals surface area contributed by atoms with Crippen LogP contribution in [0.3, 0.4) is 0 Å². The maximum Gasteiger partial charge on any atom is 0.253 e. The molecule has 22 heavy (non-hydrogen) atoms. The van der Waals surface area contributed by atoms with Crippen molar-refractivity contribution in [2.24, 2.45) is 0 Å². The van der Waals surface area contributed by atoms with Gasteiger partial charge in [-0.1, -0.05) is 18.2 Å². The molecule has 0 saturated carbocycles. The number of fused-ring (bicyclic) bond motifs is 1. The first kappa shape index (κ1) is 16.8. The Labute approximate surface area is 137 Å². The second-order valence-corrected chi connectivity index (χ2v) is 5.76. The van der Waals surface area contributed by atoms with Crippen LogP contribution in [0.1, 0.15) is 36.0 Å². The molecule has 0 aliphatic carbocycles. The van der Waals surface area contributed by atoms with E-state index in [1.165, 1.54) is 32.5 Å². The zero-order valence-corrected chi connectivity index (χ0v) is 13.6. The van der Waals surface area contributed by atoms with Crippen LogP contribution in [0, 0.1) is 0 Å². The third kappa shape index (κ3) is 4.02. The van der Waals surface area contributed by atoms with E-state index < -0.39 is 0 Å². The van der Waals surface area contributed by atoms with E-state index >= 15 is 0 Å². The van der Waals surface area contributed by atoms with Gasteiger partial charge in [0.2, 0.25) is 0 Å². The van der Waals surface area contributed by atoms with Crippen LogP contribution in [0.25, 0.3) is 10.9 Å². The number of unbranched alkanes of at least 4 members (excludes halogenated alkanes) is 1. The Morgan fingerprint density at radius 3 is 2.77 bits per heavy atom. The van der Waals surface area contributed by atoms with Gasteiger partial charge in [0.05, 0.1) is 5.56 Å². The van der Waals surface area contributed by atoms with Crippen molar-refractivity contribution in [3.8, 4) is 0 Å². The maximum atomic E-state index is 12.2. The molecule has 1 aromatic heterocycles. The minimum atomic E-state index is 0. The van der Waals surface area contributed by atoms with Gasteiger partial charge in [0.25, 0.3) is 5.91 Å². The summed E-state index contributed by atoms with van der Waals surface area (Å²) in [5.41, 5.74) is 1.75. The molecule has 1 fully saturated rings. The van der Waals surface area contributed by atoms with E-state index in [-0.39, 0.29) is 18.3 Å². The maximum absolute atomic E-state index is 12.2. The topological polar surface area (TPSA) is 48.1 Å². The Morgan fingerprint density at radius 1 is 1.18 bits per heavy atom. The summed E-state index contributed by atoms with van der Waals surface area (Å²) in [6.07, 6.45) is 6.69. The lowest BCUT2D eigenvalue weighted by Gasteiger charge is -2.13. The van der Waals surface area contributed by atoms with E-state index in [4.69, 9.17) is 0 Å². The SMILES string of the molecule is Cl.O=C(NCCCCN1CCCC1)c1c[nH]c2ccccc12. The van der Waals surface area contributed by atoms with Gasteiger partial charge in [-0.15, -0.1) is 12.4 Å². The van der Waals surface area contributed by atoms with E-state index in [1.54, 1.807) is 6.20 Å². The summed E-state index contributed by atoms with van der Waals surface area (Å²) in [6, 6.07) is 7.90. The van der Waals surface area contributed by atoms with Crippen LogP contribution in [0.15, 0.2) is 30.5 Å². The smallest absolute Gasteiger partial charge is 0.253 e. The van der Waals surface area contributed by atoms with Gasteiger partial charge in [-0.05, 0) is 51.4 Å². The fraction of sp³-hybridized carbons (Fsp3) is 0.471. The molecule has 2 N–H and O–H groups in total. The van der Waals surface area contributed by atoms with Crippen LogP contribution in [-0.4, -0.2) is 42.0 Å². The third-order valence-corrected chi connectivity index (χ3v) is 4.22. The van der Waals surface area contributed by atoms with Crippen LogP contribution < -0.4 is 5.32 Å². The molecule has 120 valence electrons. The van der Waals surface area contributed by atoms with Crippen molar-refractivity contribution in [2.75, 3.05) is 26.2 Å². The Morgan fingerprint density at radius 2 is 1.95 bits per heavy atom. The summed E-state index contributed by atoms with van der Waals surface area (Å²) in [7, 11) is 0. The number of carbonyl (C=O) groups excluding carboxylic acids is 1. The molecule has 1 aliphatic heterocycles. The molecule has 2 heterocycles. The number of benzene rings is 1. The number of aromatic nitrogens is 1. The lowest BCUT2D eigenvalue weighted by molar-refractivity contribution is 0.0954. The Balaban J connectivity index is 0.00000176. The lowest BCUT2D eigenvalue weighted by Crippen LogP contribution is -2.26. The zero-order chi connectivity index (χ0) is 14.5. The monoisotopic (exact) mass is 321 g/mol. The molecule has 5 heteroatoms. The summed E-state index contributed by atoms with van der Waals surface area (Å²) in [6.45, 7) is 4.43. The first-order chi connectivity index (χ1) is 10.3. The number of H-pyrrole nitrogens is 1. The van der Waals surface area contributed by atoms with Crippen LogP contribution in [0.5, 0.6) is 0 Å². The standard InChI is InChI=1S/C17H23N3O.ClH/c21-17(15-13-19-16-8-2-1-7-14(15)16)18-9-3-4-10-20-11-5-6-12-20;/h1-2,7-8,13,19H,3-6,9-12H2,(H,18,21);1H. The van der Waals surface area contributed by atoms with Crippen molar-refractivity contribution in [1.29, 1.82) is 0 Å². The minimum absolute atomic E-state index is 0. The van der Waals surface area contributed by atoms with Crippen molar-refractivity contribution in [1.82, 2.24) is 15.2 Å². The molecule has 3 rings (SSSR count). The highest BCUT2D eigenvalue weighted by Crippen LogP contribution is 2.17. The molecule has 0 radical (unpaired) electrons. The van der Waals surface area contributed by atoms with Gasteiger partial charge in [-0.3, -0.25) is 4.79 Å². The first-order valence-corrected chi connectivity index (χ1v) is 7.91. The highest BCUT2D eigenvalue weighted by atomic mass is 35.5. The van der Waals surface area contributed by atoms with Crippen molar-refractivity contribution < 1.29 is 4.79 Å². The molecular formula is C17H24ClN3O. The molecule has 1 aromatic carbocycles. The van der Waals surface area contributed by atoms with Gasteiger partial charge in [0, 0.05) is 23.6 Å². The number of halogens is 1. The summed E-state index contributed by atoms with van der Waals surface area (Å²) in [5, 5.41) is 4.02. The van der Waals surface area contributed by atoms with Crippen LogP contribution in [0.2, 0.25) is 0 Å². The molecule has 0 unspecified atom stereocenters. The van der Waals surface area contributed by atoms with Gasteiger partial charge >= 0.3 is 0 Å². The van der Waals surface area contributed by atoms with E-state index in [9.17, 15) is 4.79 Å². The fourth-order valence-electron chi connectivity index (χ4n) is 3.02. The van der Waals surface area contributed by atoms with E-state index in [2.05, 4.69) is 15.2 Å². The first-order valence-electron chi connectivity index (χ1n) is 7.91. The minimum Gasteiger partial charge on any atom is -0.360 e. The second-order valence-electron chi connectivity index (χ2n) is 5.76. The molecule has 0 bridgehead atoms. The Kier molecular flexibility index (Phi) is 6.28. The largest absolute Gasteiger partial charge is 0.360 e. The number of rotatable bonds is 6. The van der Waals surface area contributed by atoms with Crippen molar-refractivity contribution in [2.45, 2.75) is 25.7 Å². The summed E-state index contributed by atoms with van der Waals surface area (Å²) in [5.74, 6) is 0.0219. The zero-order valence-electron chi connectivity index (χ0n) is 12.8. The predicted octanol–water partition coefficient (Wildman–Crippen LogP) is 3.20. The van der Waals surface area contributed by atoms with Crippen LogP contribution in [0.4, 0.5) is 0 Å². The van der Waals surface area contributed by atoms with E-state index in [0.29, 0.717) is 0 Å². The number of para-hydroxylation sites is 1. The molecule has 1 aliphatic rings. The summed E-state index contributed by atoms with van der Waals surface area (Å²) in [4.78, 5) is 17.9. The van der Waals surface area contributed by atoms with Crippen molar-refractivity contribution in [3.63, 3.8) is 0 Å². The van der Waals surface area contributed by atoms with Crippen LogP contribution >= 0.6 is 12.4 Å². The number of aromatic amines is 1. The highest BCUT2D eigenvalue weighted by molar-refractivity contribution is 6.06. The van der Waals surface area contributed by atoms with Gasteiger partial charge in [-0.25, -0.2) is 0 Å². The third-order valence-electron chi connectivity index (χ3n) is 4.22. The number of amides is 1. The van der Waals surface area contributed by atoms with Gasteiger partial charge < -0.3 is 15.2 Å². The normalized spacial score (nSPS) is 14.9. The van der Waals surface area contributed by atoms with Crippen LogP contribution in [-0.2, 0) is 0 Å². The quantitative estimate of drug-likeness (QED) is 0.803. The molecule has 1 saturated heterocycles. The fourth-order valence-corrected chi connectivity index (χ4v) is 3.02. The van der Waals surface area contributed by atoms with Crippen molar-refractivity contribution >= 4 is 29.2 Å².